The SMILES string of the molecule is C/C=C/CCC(=O)C1=C(O)[C@@]2(C)[C@H]3C(C(=O)CC/C=C/C)=C(O)[C@@]4(C)[C@@H]1[C@]1(C)O[C@@]4(O)[C@@]3(C)O[C@@]12O. The fourth-order valence-corrected chi connectivity index (χ4v) is 8.37. The first kappa shape index (κ1) is 25.4. The Morgan fingerprint density at radius 1 is 0.750 bits per heavy atom. The lowest BCUT2D eigenvalue weighted by Gasteiger charge is -2.58. The maximum Gasteiger partial charge on any atom is 0.209 e. The van der Waals surface area contributed by atoms with Gasteiger partial charge in [-0.15, -0.1) is 0 Å². The van der Waals surface area contributed by atoms with Crippen molar-refractivity contribution in [3.63, 3.8) is 0 Å². The minimum Gasteiger partial charge on any atom is -0.511 e. The fourth-order valence-electron chi connectivity index (χ4n) is 8.37. The second-order valence-electron chi connectivity index (χ2n) is 11.6. The molecule has 2 saturated heterocycles. The zero-order valence-electron chi connectivity index (χ0n) is 21.7. The minimum atomic E-state index is -2.18. The lowest BCUT2D eigenvalue weighted by atomic mass is 9.42. The molecule has 3 fully saturated rings. The van der Waals surface area contributed by atoms with Gasteiger partial charge in [0.2, 0.25) is 11.6 Å². The van der Waals surface area contributed by atoms with Crippen molar-refractivity contribution in [1.82, 2.24) is 0 Å². The summed E-state index contributed by atoms with van der Waals surface area (Å²) < 4.78 is 12.6. The number of ketones is 2. The minimum absolute atomic E-state index is 0.0112. The summed E-state index contributed by atoms with van der Waals surface area (Å²) in [6, 6.07) is 0. The topological polar surface area (TPSA) is 134 Å². The van der Waals surface area contributed by atoms with E-state index in [0.29, 0.717) is 12.8 Å². The van der Waals surface area contributed by atoms with E-state index in [1.807, 2.05) is 38.2 Å². The van der Waals surface area contributed by atoms with Crippen molar-refractivity contribution in [2.24, 2.45) is 22.7 Å². The first-order valence-corrected chi connectivity index (χ1v) is 12.7. The second kappa shape index (κ2) is 7.19. The van der Waals surface area contributed by atoms with E-state index in [-0.39, 0.29) is 47.1 Å². The lowest BCUT2D eigenvalue weighted by molar-refractivity contribution is -0.452. The van der Waals surface area contributed by atoms with Gasteiger partial charge in [0.15, 0.2) is 11.6 Å². The van der Waals surface area contributed by atoms with Crippen molar-refractivity contribution < 1.29 is 39.5 Å². The van der Waals surface area contributed by atoms with Gasteiger partial charge < -0.3 is 29.9 Å². The molecule has 0 aromatic carbocycles. The molecule has 3 aliphatic carbocycles. The molecule has 0 spiro atoms. The van der Waals surface area contributed by atoms with Gasteiger partial charge in [-0.05, 0) is 54.4 Å². The van der Waals surface area contributed by atoms with Crippen LogP contribution >= 0.6 is 0 Å². The van der Waals surface area contributed by atoms with E-state index >= 15 is 0 Å². The Balaban J connectivity index is 1.83. The third-order valence-electron chi connectivity index (χ3n) is 9.95. The Morgan fingerprint density at radius 3 is 1.39 bits per heavy atom. The molecule has 1 saturated carbocycles. The number of ether oxygens (including phenoxy) is 2. The van der Waals surface area contributed by atoms with Gasteiger partial charge in [-0.2, -0.15) is 0 Å². The van der Waals surface area contributed by atoms with Crippen LogP contribution < -0.4 is 0 Å². The molecule has 8 heteroatoms. The Kier molecular flexibility index (Phi) is 5.07. The van der Waals surface area contributed by atoms with E-state index in [4.69, 9.17) is 9.47 Å². The van der Waals surface area contributed by atoms with E-state index in [1.54, 1.807) is 13.8 Å². The van der Waals surface area contributed by atoms with Crippen LogP contribution in [0.4, 0.5) is 0 Å². The van der Waals surface area contributed by atoms with E-state index in [9.17, 15) is 30.0 Å². The highest BCUT2D eigenvalue weighted by molar-refractivity contribution is 6.01. The van der Waals surface area contributed by atoms with Gasteiger partial charge in [0.05, 0.1) is 10.8 Å². The molecule has 0 aromatic rings. The molecule has 0 amide bonds. The van der Waals surface area contributed by atoms with E-state index in [2.05, 4.69) is 0 Å². The van der Waals surface area contributed by atoms with Crippen LogP contribution in [-0.4, -0.2) is 54.8 Å². The molecule has 36 heavy (non-hydrogen) atoms. The summed E-state index contributed by atoms with van der Waals surface area (Å²) in [4.78, 5) is 27.3. The van der Waals surface area contributed by atoms with Crippen LogP contribution in [0.2, 0.25) is 0 Å². The lowest BCUT2D eigenvalue weighted by Crippen LogP contribution is -2.70. The number of Topliss-reactive ketones (excluding diaryl/α,β-unsaturated/α-hetero) is 2. The normalized spacial score (nSPS) is 48.3. The molecule has 0 unspecified atom stereocenters. The smallest absolute Gasteiger partial charge is 0.209 e. The summed E-state index contributed by atoms with van der Waals surface area (Å²) >= 11 is 0. The van der Waals surface area contributed by atoms with Crippen LogP contribution in [0.1, 0.15) is 67.2 Å². The van der Waals surface area contributed by atoms with Gasteiger partial charge in [0, 0.05) is 35.8 Å². The summed E-state index contributed by atoms with van der Waals surface area (Å²) in [5, 5.41) is 48.1. The summed E-state index contributed by atoms with van der Waals surface area (Å²) in [6.07, 6.45) is 8.37. The molecule has 2 heterocycles. The van der Waals surface area contributed by atoms with Crippen molar-refractivity contribution in [1.29, 1.82) is 0 Å². The molecule has 2 aliphatic heterocycles. The maximum atomic E-state index is 13.6. The van der Waals surface area contributed by atoms with Crippen LogP contribution in [0.3, 0.4) is 0 Å². The van der Waals surface area contributed by atoms with Crippen LogP contribution in [0.25, 0.3) is 0 Å². The van der Waals surface area contributed by atoms with Crippen LogP contribution in [0.5, 0.6) is 0 Å². The number of carbonyl (C=O) groups excluding carboxylic acids is 2. The van der Waals surface area contributed by atoms with Gasteiger partial charge in [0.1, 0.15) is 22.7 Å². The third-order valence-corrected chi connectivity index (χ3v) is 9.95. The highest BCUT2D eigenvalue weighted by atomic mass is 16.8. The molecule has 8 bridgehead atoms. The highest BCUT2D eigenvalue weighted by Crippen LogP contribution is 2.84. The summed E-state index contributed by atoms with van der Waals surface area (Å²) in [7, 11) is 0. The molecule has 8 atom stereocenters. The predicted octanol–water partition coefficient (Wildman–Crippen LogP) is 3.70. The number of hydrogen-bond donors (Lipinski definition) is 4. The highest BCUT2D eigenvalue weighted by Gasteiger charge is 2.97. The van der Waals surface area contributed by atoms with Gasteiger partial charge in [-0.3, -0.25) is 9.59 Å². The zero-order chi connectivity index (χ0) is 26.7. The van der Waals surface area contributed by atoms with E-state index < -0.39 is 45.4 Å². The van der Waals surface area contributed by atoms with E-state index in [1.165, 1.54) is 13.8 Å². The second-order valence-corrected chi connectivity index (χ2v) is 11.6. The average molecular weight is 501 g/mol. The molecule has 0 radical (unpaired) electrons. The third kappa shape index (κ3) is 2.24. The fraction of sp³-hybridized carbons (Fsp3) is 0.643. The maximum absolute atomic E-state index is 13.6. The van der Waals surface area contributed by atoms with Gasteiger partial charge >= 0.3 is 0 Å². The molecule has 5 rings (SSSR count). The molecule has 196 valence electrons. The van der Waals surface area contributed by atoms with Crippen LogP contribution in [-0.2, 0) is 19.1 Å². The first-order chi connectivity index (χ1) is 16.7. The number of aliphatic hydroxyl groups excluding tert-OH is 2. The molecule has 5 aliphatic rings. The molecular formula is C28H36O8. The number of hydrogen-bond acceptors (Lipinski definition) is 8. The number of carbonyl (C=O) groups is 2. The molecule has 8 nitrogen and oxygen atoms in total. The molecule has 4 N–H and O–H groups in total. The summed E-state index contributed by atoms with van der Waals surface area (Å²) in [5.41, 5.74) is -6.85. The first-order valence-electron chi connectivity index (χ1n) is 12.7. The monoisotopic (exact) mass is 500 g/mol. The van der Waals surface area contributed by atoms with Crippen molar-refractivity contribution >= 4 is 11.6 Å². The molecule has 0 aromatic heterocycles. The summed E-state index contributed by atoms with van der Waals surface area (Å²) in [5.74, 6) is -8.17. The standard InChI is InChI=1S/C28H36O8/c1-7-9-11-13-15(29)17-19-23(3)22(32)18(16(30)14-12-10-8-2)20-24(4,21(17)31)28(34)25(19,5)35-27(23,33)26(20,6)36-28/h7-10,19-20,31-34H,11-14H2,1-6H3/b9-7+,10-8+/t19-,20-,23-,24-,25+,26+,27-,28-/m1/s1. The van der Waals surface area contributed by atoms with Crippen molar-refractivity contribution in [3.05, 3.63) is 47.0 Å². The Labute approximate surface area is 211 Å². The average Bonchev–Trinajstić information content (AvgIpc) is 3.12. The van der Waals surface area contributed by atoms with Gasteiger partial charge in [-0.1, -0.05) is 24.3 Å². The molecular weight excluding hydrogens is 464 g/mol. The van der Waals surface area contributed by atoms with Crippen LogP contribution in [0, 0.1) is 22.7 Å². The number of aliphatic hydroxyl groups is 4. The quantitative estimate of drug-likeness (QED) is 0.371. The van der Waals surface area contributed by atoms with Crippen molar-refractivity contribution in [3.8, 4) is 0 Å². The Morgan fingerprint density at radius 2 is 1.08 bits per heavy atom. The Hall–Kier alpha value is -2.26. The van der Waals surface area contributed by atoms with E-state index in [0.717, 1.165) is 0 Å². The van der Waals surface area contributed by atoms with Crippen molar-refractivity contribution in [2.45, 2.75) is 90.0 Å². The largest absolute Gasteiger partial charge is 0.511 e. The van der Waals surface area contributed by atoms with Gasteiger partial charge in [0.25, 0.3) is 0 Å². The van der Waals surface area contributed by atoms with Crippen LogP contribution in [0.15, 0.2) is 47.0 Å². The van der Waals surface area contributed by atoms with Crippen molar-refractivity contribution in [2.75, 3.05) is 0 Å². The van der Waals surface area contributed by atoms with Gasteiger partial charge in [-0.25, -0.2) is 0 Å². The predicted molar refractivity (Wildman–Crippen MR) is 129 cm³/mol. The summed E-state index contributed by atoms with van der Waals surface area (Å²) in [6.45, 7) is 9.84. The number of allylic oxidation sites excluding steroid dienone is 4. The number of rotatable bonds is 8. The zero-order valence-corrected chi connectivity index (χ0v) is 21.7. The Bertz CT molecular complexity index is 1100.